The summed E-state index contributed by atoms with van der Waals surface area (Å²) in [4.78, 5) is 12.5. The van der Waals surface area contributed by atoms with E-state index in [1.54, 1.807) is 6.92 Å². The quantitative estimate of drug-likeness (QED) is 0.672. The largest absolute Gasteiger partial charge is 0.480 e. The van der Waals surface area contributed by atoms with Gasteiger partial charge in [-0.3, -0.25) is 9.69 Å². The summed E-state index contributed by atoms with van der Waals surface area (Å²) < 4.78 is 22.5. The van der Waals surface area contributed by atoms with Crippen LogP contribution in [-0.2, 0) is 14.6 Å². The monoisotopic (exact) mass is 249 g/mol. The molecule has 16 heavy (non-hydrogen) atoms. The Morgan fingerprint density at radius 1 is 1.44 bits per heavy atom. The van der Waals surface area contributed by atoms with Gasteiger partial charge in [-0.2, -0.15) is 0 Å². The highest BCUT2D eigenvalue weighted by atomic mass is 32.2. The topological polar surface area (TPSA) is 74.7 Å². The second-order valence-electron chi connectivity index (χ2n) is 4.19. The highest BCUT2D eigenvalue weighted by Gasteiger charge is 2.29. The van der Waals surface area contributed by atoms with Gasteiger partial charge in [-0.05, 0) is 25.8 Å². The second kappa shape index (κ2) is 5.63. The van der Waals surface area contributed by atoms with Crippen molar-refractivity contribution in [1.82, 2.24) is 4.90 Å². The molecule has 0 spiro atoms. The summed E-state index contributed by atoms with van der Waals surface area (Å²) in [5.41, 5.74) is 0. The number of carboxylic acids is 1. The van der Waals surface area contributed by atoms with E-state index in [9.17, 15) is 13.2 Å². The van der Waals surface area contributed by atoms with Crippen LogP contribution in [0.2, 0.25) is 0 Å². The van der Waals surface area contributed by atoms with Crippen LogP contribution in [0.4, 0.5) is 0 Å². The molecule has 1 rings (SSSR count). The van der Waals surface area contributed by atoms with Crippen LogP contribution >= 0.6 is 0 Å². The summed E-state index contributed by atoms with van der Waals surface area (Å²) in [6, 6.07) is 0.362. The van der Waals surface area contributed by atoms with E-state index in [0.717, 1.165) is 12.8 Å². The third-order valence-corrected chi connectivity index (χ3v) is 4.53. The van der Waals surface area contributed by atoms with Crippen molar-refractivity contribution < 1.29 is 18.3 Å². The van der Waals surface area contributed by atoms with Crippen molar-refractivity contribution in [3.05, 3.63) is 0 Å². The molecule has 1 N–H and O–H groups in total. The molecule has 0 heterocycles. The standard InChI is InChI=1S/C10H19NO4S/c1-2-16(14,15)7-3-6-11(8-10(12)13)9-4-5-9/h9H,2-8H2,1H3,(H,12,13). The van der Waals surface area contributed by atoms with Crippen molar-refractivity contribution in [3.63, 3.8) is 0 Å². The zero-order valence-electron chi connectivity index (χ0n) is 9.55. The Hall–Kier alpha value is -0.620. The molecule has 0 atom stereocenters. The first-order chi connectivity index (χ1) is 7.44. The van der Waals surface area contributed by atoms with Gasteiger partial charge in [0.2, 0.25) is 0 Å². The lowest BCUT2D eigenvalue weighted by atomic mass is 10.4. The number of sulfone groups is 1. The normalized spacial score (nSPS) is 16.6. The van der Waals surface area contributed by atoms with Crippen LogP contribution in [0.25, 0.3) is 0 Å². The number of rotatable bonds is 8. The molecule has 6 heteroatoms. The molecule has 1 saturated carbocycles. The number of aliphatic carboxylic acids is 1. The third kappa shape index (κ3) is 4.94. The average molecular weight is 249 g/mol. The van der Waals surface area contributed by atoms with Crippen LogP contribution in [0.15, 0.2) is 0 Å². The summed E-state index contributed by atoms with van der Waals surface area (Å²) in [5, 5.41) is 8.71. The molecule has 0 aromatic rings. The number of nitrogens with zero attached hydrogens (tertiary/aromatic N) is 1. The van der Waals surface area contributed by atoms with E-state index < -0.39 is 15.8 Å². The summed E-state index contributed by atoms with van der Waals surface area (Å²) in [6.45, 7) is 2.22. The van der Waals surface area contributed by atoms with Gasteiger partial charge in [0.05, 0.1) is 12.3 Å². The molecule has 0 amide bonds. The number of carboxylic acid groups (broad SMARTS) is 1. The Balaban J connectivity index is 2.30. The van der Waals surface area contributed by atoms with E-state index in [-0.39, 0.29) is 18.1 Å². The Labute approximate surface area is 96.4 Å². The van der Waals surface area contributed by atoms with Gasteiger partial charge in [-0.25, -0.2) is 8.42 Å². The van der Waals surface area contributed by atoms with Gasteiger partial charge >= 0.3 is 5.97 Å². The molecule has 0 aromatic heterocycles. The van der Waals surface area contributed by atoms with Crippen molar-refractivity contribution in [3.8, 4) is 0 Å². The molecule has 0 radical (unpaired) electrons. The molecule has 1 fully saturated rings. The van der Waals surface area contributed by atoms with Crippen LogP contribution < -0.4 is 0 Å². The Kier molecular flexibility index (Phi) is 4.73. The van der Waals surface area contributed by atoms with E-state index in [0.29, 0.717) is 19.0 Å². The highest BCUT2D eigenvalue weighted by Crippen LogP contribution is 2.26. The number of hydrogen-bond donors (Lipinski definition) is 1. The van der Waals surface area contributed by atoms with Crippen LogP contribution in [0, 0.1) is 0 Å². The molecule has 0 bridgehead atoms. The first kappa shape index (κ1) is 13.4. The summed E-state index contributed by atoms with van der Waals surface area (Å²) in [5.74, 6) is -0.521. The van der Waals surface area contributed by atoms with Crippen molar-refractivity contribution in [1.29, 1.82) is 0 Å². The first-order valence-corrected chi connectivity index (χ1v) is 7.43. The summed E-state index contributed by atoms with van der Waals surface area (Å²) >= 11 is 0. The number of hydrogen-bond acceptors (Lipinski definition) is 4. The third-order valence-electron chi connectivity index (χ3n) is 2.74. The van der Waals surface area contributed by atoms with Crippen LogP contribution in [0.1, 0.15) is 26.2 Å². The van der Waals surface area contributed by atoms with Crippen molar-refractivity contribution >= 4 is 15.8 Å². The Morgan fingerprint density at radius 2 is 2.06 bits per heavy atom. The lowest BCUT2D eigenvalue weighted by Crippen LogP contribution is -2.33. The average Bonchev–Trinajstić information content (AvgIpc) is 2.98. The van der Waals surface area contributed by atoms with E-state index in [1.807, 2.05) is 4.90 Å². The number of carbonyl (C=O) groups is 1. The first-order valence-electron chi connectivity index (χ1n) is 5.61. The zero-order valence-corrected chi connectivity index (χ0v) is 10.4. The van der Waals surface area contributed by atoms with E-state index >= 15 is 0 Å². The maximum atomic E-state index is 11.3. The van der Waals surface area contributed by atoms with E-state index in [1.165, 1.54) is 0 Å². The molecule has 0 aromatic carbocycles. The highest BCUT2D eigenvalue weighted by molar-refractivity contribution is 7.91. The Bertz CT molecular complexity index is 335. The lowest BCUT2D eigenvalue weighted by molar-refractivity contribution is -0.138. The summed E-state index contributed by atoms with van der Waals surface area (Å²) in [6.07, 6.45) is 2.60. The van der Waals surface area contributed by atoms with E-state index in [2.05, 4.69) is 0 Å². The molecule has 5 nitrogen and oxygen atoms in total. The smallest absolute Gasteiger partial charge is 0.317 e. The van der Waals surface area contributed by atoms with Crippen molar-refractivity contribution in [2.75, 3.05) is 24.6 Å². The molecule has 0 unspecified atom stereocenters. The maximum absolute atomic E-state index is 11.3. The van der Waals surface area contributed by atoms with Gasteiger partial charge < -0.3 is 5.11 Å². The SMILES string of the molecule is CCS(=O)(=O)CCCN(CC(=O)O)C1CC1. The van der Waals surface area contributed by atoms with Gasteiger partial charge in [0.1, 0.15) is 9.84 Å². The minimum Gasteiger partial charge on any atom is -0.480 e. The van der Waals surface area contributed by atoms with Gasteiger partial charge in [0.25, 0.3) is 0 Å². The fraction of sp³-hybridized carbons (Fsp3) is 0.900. The Morgan fingerprint density at radius 3 is 2.50 bits per heavy atom. The maximum Gasteiger partial charge on any atom is 0.317 e. The van der Waals surface area contributed by atoms with Gasteiger partial charge in [0.15, 0.2) is 0 Å². The molecule has 1 aliphatic rings. The predicted molar refractivity (Wildman–Crippen MR) is 61.2 cm³/mol. The molecular weight excluding hydrogens is 230 g/mol. The fourth-order valence-electron chi connectivity index (χ4n) is 1.64. The molecule has 94 valence electrons. The lowest BCUT2D eigenvalue weighted by Gasteiger charge is -2.19. The predicted octanol–water partition coefficient (Wildman–Crippen LogP) is 0.360. The minimum absolute atomic E-state index is 0.0246. The molecule has 0 aliphatic heterocycles. The van der Waals surface area contributed by atoms with Gasteiger partial charge in [-0.1, -0.05) is 6.92 Å². The van der Waals surface area contributed by atoms with E-state index in [4.69, 9.17) is 5.11 Å². The van der Waals surface area contributed by atoms with Crippen molar-refractivity contribution in [2.45, 2.75) is 32.2 Å². The van der Waals surface area contributed by atoms with Crippen molar-refractivity contribution in [2.24, 2.45) is 0 Å². The zero-order chi connectivity index (χ0) is 12.2. The molecule has 0 saturated heterocycles. The summed E-state index contributed by atoms with van der Waals surface area (Å²) in [7, 11) is -2.92. The molecule has 1 aliphatic carbocycles. The van der Waals surface area contributed by atoms with Crippen LogP contribution in [0.3, 0.4) is 0 Å². The van der Waals surface area contributed by atoms with Gasteiger partial charge in [0, 0.05) is 11.8 Å². The van der Waals surface area contributed by atoms with Gasteiger partial charge in [-0.15, -0.1) is 0 Å². The van der Waals surface area contributed by atoms with Crippen LogP contribution in [-0.4, -0.2) is 55.0 Å². The molecular formula is C10H19NO4S. The minimum atomic E-state index is -2.92. The fourth-order valence-corrected chi connectivity index (χ4v) is 2.49. The van der Waals surface area contributed by atoms with Crippen LogP contribution in [0.5, 0.6) is 0 Å². The second-order valence-corrected chi connectivity index (χ2v) is 6.66.